The largest absolute Gasteiger partial charge is 0.454 e. The molecule has 0 bridgehead atoms. The third kappa shape index (κ3) is 3.95. The van der Waals surface area contributed by atoms with Gasteiger partial charge in [0.15, 0.2) is 11.5 Å². The van der Waals surface area contributed by atoms with Crippen LogP contribution < -0.4 is 25.6 Å². The molecule has 0 spiro atoms. The summed E-state index contributed by atoms with van der Waals surface area (Å²) in [5.41, 5.74) is 9.92. The first-order valence-electron chi connectivity index (χ1n) is 12.8. The minimum Gasteiger partial charge on any atom is -0.454 e. The van der Waals surface area contributed by atoms with Gasteiger partial charge in [0.05, 0.1) is 11.0 Å². The van der Waals surface area contributed by atoms with E-state index < -0.39 is 11.5 Å². The van der Waals surface area contributed by atoms with Crippen molar-refractivity contribution in [1.82, 2.24) is 14.3 Å². The summed E-state index contributed by atoms with van der Waals surface area (Å²) in [7, 11) is 0. The number of hydrogen-bond donors (Lipinski definition) is 1. The molecule has 198 valence electrons. The zero-order valence-electron chi connectivity index (χ0n) is 21.6. The van der Waals surface area contributed by atoms with Gasteiger partial charge in [0, 0.05) is 43.2 Å². The fraction of sp³-hybridized carbons (Fsp3) is 0.129. The van der Waals surface area contributed by atoms with Gasteiger partial charge in [-0.05, 0) is 40.1 Å². The third-order valence-electron chi connectivity index (χ3n) is 7.11. The van der Waals surface area contributed by atoms with E-state index >= 15 is 0 Å². The predicted molar refractivity (Wildman–Crippen MR) is 151 cm³/mol. The molecule has 0 unspecified atom stereocenters. The molecule has 6 aromatic rings. The molecule has 0 saturated heterocycles. The highest BCUT2D eigenvalue weighted by Crippen LogP contribution is 2.40. The number of carbonyl (C=O) groups is 1. The predicted octanol–water partition coefficient (Wildman–Crippen LogP) is 4.38. The number of benzene rings is 4. The summed E-state index contributed by atoms with van der Waals surface area (Å²) in [6.45, 7) is 2.35. The van der Waals surface area contributed by atoms with E-state index in [4.69, 9.17) is 25.0 Å². The van der Waals surface area contributed by atoms with Crippen LogP contribution in [-0.2, 0) is 17.9 Å². The summed E-state index contributed by atoms with van der Waals surface area (Å²) in [5.74, 6) is 0.604. The zero-order valence-corrected chi connectivity index (χ0v) is 21.6. The highest BCUT2D eigenvalue weighted by molar-refractivity contribution is 5.99. The van der Waals surface area contributed by atoms with Crippen LogP contribution in [0.2, 0.25) is 0 Å². The molecule has 0 radical (unpaired) electrons. The second kappa shape index (κ2) is 9.25. The van der Waals surface area contributed by atoms with E-state index in [1.165, 1.54) is 6.92 Å². The second-order valence-electron chi connectivity index (χ2n) is 9.75. The molecule has 0 amide bonds. The van der Waals surface area contributed by atoms with E-state index in [1.54, 1.807) is 6.07 Å². The van der Waals surface area contributed by atoms with Gasteiger partial charge in [-0.3, -0.25) is 4.79 Å². The molecule has 7 rings (SSSR count). The topological polar surface area (TPSA) is 111 Å². The molecular formula is C31H24N4O5. The van der Waals surface area contributed by atoms with Crippen LogP contribution in [-0.4, -0.2) is 27.0 Å². The molecule has 2 aromatic heterocycles. The van der Waals surface area contributed by atoms with Crippen LogP contribution in [0.25, 0.3) is 44.0 Å². The lowest BCUT2D eigenvalue weighted by molar-refractivity contribution is -0.141. The van der Waals surface area contributed by atoms with E-state index in [9.17, 15) is 9.59 Å². The lowest BCUT2D eigenvalue weighted by atomic mass is 10.1. The third-order valence-corrected chi connectivity index (χ3v) is 7.11. The quantitative estimate of drug-likeness (QED) is 0.328. The molecule has 3 heterocycles. The second-order valence-corrected chi connectivity index (χ2v) is 9.75. The van der Waals surface area contributed by atoms with Gasteiger partial charge in [0.25, 0.3) is 0 Å². The zero-order chi connectivity index (χ0) is 27.4. The maximum Gasteiger partial charge on any atom is 0.330 e. The van der Waals surface area contributed by atoms with Crippen molar-refractivity contribution < 1.29 is 19.1 Å². The Balaban J connectivity index is 1.49. The van der Waals surface area contributed by atoms with Gasteiger partial charge in [0.2, 0.25) is 6.79 Å². The first-order chi connectivity index (χ1) is 19.5. The molecule has 4 aromatic carbocycles. The van der Waals surface area contributed by atoms with Crippen LogP contribution in [0.1, 0.15) is 18.1 Å². The number of ether oxygens (including phenoxy) is 2. The number of hydrogen-bond acceptors (Lipinski definition) is 7. The Labute approximate surface area is 227 Å². The number of fused-ring (bicyclic) bond motifs is 4. The molecular weight excluding hydrogens is 508 g/mol. The summed E-state index contributed by atoms with van der Waals surface area (Å²) in [6, 6.07) is 23.3. The van der Waals surface area contributed by atoms with Crippen LogP contribution in [0, 0.1) is 0 Å². The van der Waals surface area contributed by atoms with Crippen molar-refractivity contribution in [1.29, 1.82) is 0 Å². The molecule has 2 N–H and O–H groups in total. The van der Waals surface area contributed by atoms with Crippen LogP contribution >= 0.6 is 0 Å². The van der Waals surface area contributed by atoms with Gasteiger partial charge < -0.3 is 24.6 Å². The minimum atomic E-state index is -0.612. The Kier molecular flexibility index (Phi) is 5.53. The van der Waals surface area contributed by atoms with Gasteiger partial charge >= 0.3 is 11.5 Å². The van der Waals surface area contributed by atoms with Crippen LogP contribution in [0.3, 0.4) is 0 Å². The fourth-order valence-electron chi connectivity index (χ4n) is 5.29. The van der Waals surface area contributed by atoms with Crippen molar-refractivity contribution in [3.63, 3.8) is 0 Å². The average Bonchev–Trinajstić information content (AvgIpc) is 3.56. The molecule has 1 aliphatic heterocycles. The highest BCUT2D eigenvalue weighted by Gasteiger charge is 2.23. The summed E-state index contributed by atoms with van der Waals surface area (Å²) in [6.07, 6.45) is 1.89. The number of nitrogens with zero attached hydrogens (tertiary/aromatic N) is 3. The standard InChI is InChI=1S/C31H24N4O5/c1-18(36)40-35-27-11-22-8-3-2-7-21(22)10-25(27)33-30(31(35)37)24-16-34(15-20-6-4-5-19(9-20)14-32)26-13-29-28(12-23(24)26)38-17-39-29/h2-13,16H,14-15,17,32H2,1H3. The molecule has 9 heteroatoms. The first kappa shape index (κ1) is 23.9. The number of rotatable bonds is 5. The van der Waals surface area contributed by atoms with Gasteiger partial charge in [0.1, 0.15) is 11.2 Å². The normalized spacial score (nSPS) is 12.4. The van der Waals surface area contributed by atoms with Gasteiger partial charge in [-0.1, -0.05) is 48.5 Å². The first-order valence-corrected chi connectivity index (χ1v) is 12.8. The van der Waals surface area contributed by atoms with Gasteiger partial charge in [-0.15, -0.1) is 4.73 Å². The molecule has 40 heavy (non-hydrogen) atoms. The maximum absolute atomic E-state index is 13.9. The Morgan fingerprint density at radius 2 is 1.70 bits per heavy atom. The van der Waals surface area contributed by atoms with Gasteiger partial charge in [-0.25, -0.2) is 9.78 Å². The van der Waals surface area contributed by atoms with E-state index in [0.29, 0.717) is 41.2 Å². The van der Waals surface area contributed by atoms with Crippen molar-refractivity contribution in [3.05, 3.63) is 100 Å². The average molecular weight is 533 g/mol. The maximum atomic E-state index is 13.9. The summed E-state index contributed by atoms with van der Waals surface area (Å²) in [5, 5.41) is 2.61. The van der Waals surface area contributed by atoms with Crippen molar-refractivity contribution >= 4 is 38.7 Å². The number of nitrogens with two attached hydrogens (primary N) is 1. The minimum absolute atomic E-state index is 0.121. The molecule has 1 aliphatic rings. The summed E-state index contributed by atoms with van der Waals surface area (Å²) in [4.78, 5) is 36.3. The van der Waals surface area contributed by atoms with Crippen molar-refractivity contribution in [2.75, 3.05) is 6.79 Å². The lowest BCUT2D eigenvalue weighted by Crippen LogP contribution is -2.31. The Bertz CT molecular complexity index is 2040. The molecule has 0 aliphatic carbocycles. The van der Waals surface area contributed by atoms with Crippen LogP contribution in [0.5, 0.6) is 11.5 Å². The van der Waals surface area contributed by atoms with Crippen LogP contribution in [0.15, 0.2) is 83.8 Å². The van der Waals surface area contributed by atoms with Crippen molar-refractivity contribution in [2.45, 2.75) is 20.0 Å². The van der Waals surface area contributed by atoms with Gasteiger partial charge in [-0.2, -0.15) is 0 Å². The Hall–Kier alpha value is -5.15. The monoisotopic (exact) mass is 532 g/mol. The van der Waals surface area contributed by atoms with E-state index in [1.807, 2.05) is 71.4 Å². The molecule has 9 nitrogen and oxygen atoms in total. The van der Waals surface area contributed by atoms with E-state index in [0.717, 1.165) is 37.5 Å². The van der Waals surface area contributed by atoms with E-state index in [2.05, 4.69) is 6.07 Å². The number of carbonyl (C=O) groups excluding carboxylic acids is 1. The molecule has 0 atom stereocenters. The Morgan fingerprint density at radius 1 is 0.950 bits per heavy atom. The fourth-order valence-corrected chi connectivity index (χ4v) is 5.29. The van der Waals surface area contributed by atoms with Crippen molar-refractivity contribution in [2.24, 2.45) is 5.73 Å². The SMILES string of the molecule is CC(=O)On1c(=O)c(-c2cn(Cc3cccc(CN)c3)c3cc4c(cc23)OCO4)nc2cc3ccccc3cc21. The lowest BCUT2D eigenvalue weighted by Gasteiger charge is -2.12. The van der Waals surface area contributed by atoms with Crippen molar-refractivity contribution in [3.8, 4) is 22.8 Å². The highest BCUT2D eigenvalue weighted by atomic mass is 16.7. The molecule has 0 fully saturated rings. The van der Waals surface area contributed by atoms with Crippen LogP contribution in [0.4, 0.5) is 0 Å². The molecule has 0 saturated carbocycles. The summed E-state index contributed by atoms with van der Waals surface area (Å²) < 4.78 is 14.4. The summed E-state index contributed by atoms with van der Waals surface area (Å²) >= 11 is 0. The smallest absolute Gasteiger partial charge is 0.330 e. The number of aromatic nitrogens is 3. The Morgan fingerprint density at radius 3 is 2.48 bits per heavy atom. The van der Waals surface area contributed by atoms with E-state index in [-0.39, 0.29) is 12.5 Å².